The van der Waals surface area contributed by atoms with E-state index >= 15 is 0 Å². The molecule has 3 fully saturated rings. The number of aromatic nitrogens is 3. The molecule has 418 valence electrons. The van der Waals surface area contributed by atoms with Crippen LogP contribution in [0.4, 0.5) is 4.39 Å². The van der Waals surface area contributed by atoms with Crippen LogP contribution < -0.4 is 0 Å². The number of thioether (sulfide) groups is 1. The Bertz CT molecular complexity index is 2190. The van der Waals surface area contributed by atoms with E-state index in [1.807, 2.05) is 50.9 Å². The van der Waals surface area contributed by atoms with Gasteiger partial charge in [-0.1, -0.05) is 45.0 Å². The number of hydrogen-bond donors (Lipinski definition) is 5. The van der Waals surface area contributed by atoms with E-state index in [-0.39, 0.29) is 35.3 Å². The second-order valence-electron chi connectivity index (χ2n) is 22.4. The molecule has 0 saturated carbocycles. The molecule has 4 heterocycles. The lowest BCUT2D eigenvalue weighted by Crippen LogP contribution is -2.62. The predicted molar refractivity (Wildman–Crippen MR) is 276 cm³/mol. The van der Waals surface area contributed by atoms with Gasteiger partial charge in [0.2, 0.25) is 0 Å². The molecule has 20 atom stereocenters. The van der Waals surface area contributed by atoms with E-state index in [4.69, 9.17) is 23.7 Å². The summed E-state index contributed by atoms with van der Waals surface area (Å²) in [5.41, 5.74) is -3.19. The summed E-state index contributed by atoms with van der Waals surface area (Å²) in [6.07, 6.45) is -2.74. The van der Waals surface area contributed by atoms with Gasteiger partial charge < -0.3 is 59.0 Å². The zero-order chi connectivity index (χ0) is 54.7. The highest BCUT2D eigenvalue weighted by atomic mass is 32.2. The summed E-state index contributed by atoms with van der Waals surface area (Å²) in [4.78, 5) is 18.7. The van der Waals surface area contributed by atoms with Crippen LogP contribution in [0.25, 0.3) is 0 Å². The molecule has 18 nitrogen and oxygen atoms in total. The van der Waals surface area contributed by atoms with Crippen molar-refractivity contribution in [3.8, 4) is 0 Å². The molecular formula is C52H88FN5O13S2. The van der Waals surface area contributed by atoms with Crippen LogP contribution in [-0.4, -0.2) is 202 Å². The number of cyclic esters (lactones) is 1. The fourth-order valence-corrected chi connectivity index (χ4v) is 13.5. The monoisotopic (exact) mass is 1070 g/mol. The van der Waals surface area contributed by atoms with Gasteiger partial charge in [0.25, 0.3) is 0 Å². The molecule has 2 aromatic rings. The van der Waals surface area contributed by atoms with Crippen LogP contribution >= 0.6 is 11.8 Å². The lowest BCUT2D eigenvalue weighted by Gasteiger charge is -2.51. The first kappa shape index (κ1) is 61.5. The molecule has 0 aliphatic carbocycles. The molecule has 21 heteroatoms. The van der Waals surface area contributed by atoms with Gasteiger partial charge in [0.1, 0.15) is 36.7 Å². The van der Waals surface area contributed by atoms with Crippen LogP contribution in [0.3, 0.4) is 0 Å². The summed E-state index contributed by atoms with van der Waals surface area (Å²) in [6, 6.07) is 4.65. The molecule has 0 amide bonds. The summed E-state index contributed by atoms with van der Waals surface area (Å²) in [5, 5.41) is 68.5. The molecule has 0 radical (unpaired) electrons. The van der Waals surface area contributed by atoms with Crippen LogP contribution in [-0.2, 0) is 44.7 Å². The van der Waals surface area contributed by atoms with Crippen molar-refractivity contribution < 1.29 is 66.8 Å². The maximum Gasteiger partial charge on any atom is 0.309 e. The first-order valence-electron chi connectivity index (χ1n) is 25.9. The highest BCUT2D eigenvalue weighted by molar-refractivity contribution is 7.98. The largest absolute Gasteiger partial charge is 0.459 e. The molecule has 5 rings (SSSR count). The van der Waals surface area contributed by atoms with Gasteiger partial charge in [-0.25, -0.2) is 17.5 Å². The Morgan fingerprint density at radius 2 is 1.66 bits per heavy atom. The molecule has 3 saturated heterocycles. The molecule has 3 aliphatic heterocycles. The Hall–Kier alpha value is -2.38. The summed E-state index contributed by atoms with van der Waals surface area (Å²) in [6.45, 7) is 17.8. The van der Waals surface area contributed by atoms with E-state index in [9.17, 15) is 43.1 Å². The number of aliphatic hydroxyl groups is 5. The molecule has 1 unspecified atom stereocenters. The third kappa shape index (κ3) is 14.0. The average molecular weight is 1070 g/mol. The van der Waals surface area contributed by atoms with Gasteiger partial charge in [0.05, 0.1) is 63.4 Å². The van der Waals surface area contributed by atoms with Crippen molar-refractivity contribution in [1.82, 2.24) is 24.8 Å². The van der Waals surface area contributed by atoms with E-state index in [0.29, 0.717) is 31.6 Å². The number of rotatable bonds is 15. The molecule has 0 spiro atoms. The van der Waals surface area contributed by atoms with Crippen molar-refractivity contribution >= 4 is 27.6 Å². The van der Waals surface area contributed by atoms with Gasteiger partial charge in [-0.15, -0.1) is 5.10 Å². The summed E-state index contributed by atoms with van der Waals surface area (Å²) in [7, 11) is 1.83. The Kier molecular flexibility index (Phi) is 21.0. The molecule has 73 heavy (non-hydrogen) atoms. The Morgan fingerprint density at radius 3 is 2.23 bits per heavy atom. The first-order valence-corrected chi connectivity index (χ1v) is 29.0. The maximum absolute atomic E-state index is 14.8. The number of alkyl halides is 1. The van der Waals surface area contributed by atoms with Gasteiger partial charge in [-0.05, 0) is 111 Å². The SMILES string of the molecule is CC[C@H]1OC(=O)[C@H](C)[C@@H](C2C[C@@](C)(OC)[C@@H](O)[C@H](C)O2)[C@H](C)[C@@H](O[C@@H]2O[C@H](C)C[C@H](N(C)CCc3cn([C@H](CF)[C@H](SC)c4ccc(S(C)(=O)=O)cc4)nn3)[C@H]2O)[C@](C)(O)C[C@@H](C)CN(C)[C@H](C)[C@@H](O)[C@]1(C)O. The molecule has 1 aromatic carbocycles. The standard InChI is InChI=1S/C52H88FN5O13S2/c1-16-41-52(10,64)45(60)33(6)57(12)27-29(2)24-50(8,63)47(31(4)42(32(5)48(62)70-41)40-25-51(9,67-13)46(61)34(7)69-40)71-49-43(59)38(23-30(3)68-49)56(11)22-21-36-28-58(55-54-36)39(26-53)44(72-14)35-17-19-37(20-18-35)73(15,65)66/h17-20,28-34,38-47,49,59-61,63-64H,16,21-27H2,1-15H3/t29-,30-,31+,32-,33-,34+,38+,39-,40?,41-,42+,43-,44-,45-,46+,47-,49+,50-,51-,52-/m1/s1. The number of likely N-dealkylation sites (N-methyl/N-ethyl adjacent to an activating group) is 2. The van der Waals surface area contributed by atoms with Crippen molar-refractivity contribution in [3.05, 3.63) is 41.7 Å². The minimum absolute atomic E-state index is 0.163. The number of carbonyl (C=O) groups is 1. The first-order chi connectivity index (χ1) is 34.0. The van der Waals surface area contributed by atoms with Gasteiger partial charge in [-0.2, -0.15) is 11.8 Å². The number of hydrogen-bond acceptors (Lipinski definition) is 18. The Morgan fingerprint density at radius 1 is 1.01 bits per heavy atom. The second-order valence-corrected chi connectivity index (χ2v) is 25.4. The van der Waals surface area contributed by atoms with E-state index in [1.54, 1.807) is 59.9 Å². The lowest BCUT2D eigenvalue weighted by atomic mass is 9.68. The van der Waals surface area contributed by atoms with E-state index in [2.05, 4.69) is 10.3 Å². The van der Waals surface area contributed by atoms with Crippen LogP contribution in [0.2, 0.25) is 0 Å². The number of carbonyl (C=O) groups excluding carboxylic acids is 1. The quantitative estimate of drug-likeness (QED) is 0.156. The van der Waals surface area contributed by atoms with Gasteiger partial charge in [0.15, 0.2) is 16.1 Å². The number of esters is 1. The van der Waals surface area contributed by atoms with Gasteiger partial charge >= 0.3 is 5.97 Å². The topological polar surface area (TPSA) is 236 Å². The molecule has 3 aliphatic rings. The number of ether oxygens (including phenoxy) is 5. The van der Waals surface area contributed by atoms with Gasteiger partial charge in [-0.3, -0.25) is 4.79 Å². The number of sulfone groups is 1. The van der Waals surface area contributed by atoms with E-state index in [1.165, 1.54) is 42.6 Å². The molecule has 1 aromatic heterocycles. The normalized spacial score (nSPS) is 39.9. The van der Waals surface area contributed by atoms with Crippen LogP contribution in [0, 0.1) is 23.7 Å². The number of benzene rings is 1. The average Bonchev–Trinajstić information content (AvgIpc) is 3.80. The van der Waals surface area contributed by atoms with Crippen LogP contribution in [0.15, 0.2) is 35.4 Å². The van der Waals surface area contributed by atoms with Crippen LogP contribution in [0.5, 0.6) is 0 Å². The van der Waals surface area contributed by atoms with Crippen LogP contribution in [0.1, 0.15) is 117 Å². The van der Waals surface area contributed by atoms with Crippen molar-refractivity contribution in [3.63, 3.8) is 0 Å². The highest BCUT2D eigenvalue weighted by Crippen LogP contribution is 2.45. The summed E-state index contributed by atoms with van der Waals surface area (Å²) < 4.78 is 72.6. The third-order valence-corrected chi connectivity index (χ3v) is 18.7. The summed E-state index contributed by atoms with van der Waals surface area (Å²) >= 11 is 1.43. The minimum Gasteiger partial charge on any atom is -0.459 e. The summed E-state index contributed by atoms with van der Waals surface area (Å²) in [5.74, 6) is -3.30. The third-order valence-electron chi connectivity index (χ3n) is 16.5. The number of halogens is 1. The van der Waals surface area contributed by atoms with E-state index < -0.39 is 130 Å². The predicted octanol–water partition coefficient (Wildman–Crippen LogP) is 4.40. The van der Waals surface area contributed by atoms with E-state index in [0.717, 1.165) is 11.8 Å². The Balaban J connectivity index is 1.45. The lowest BCUT2D eigenvalue weighted by molar-refractivity contribution is -0.302. The maximum atomic E-state index is 14.8. The highest BCUT2D eigenvalue weighted by Gasteiger charge is 2.55. The number of nitrogens with zero attached hydrogens (tertiary/aromatic N) is 5. The fourth-order valence-electron chi connectivity index (χ4n) is 12.0. The smallest absolute Gasteiger partial charge is 0.309 e. The number of aliphatic hydroxyl groups excluding tert-OH is 3. The van der Waals surface area contributed by atoms with Gasteiger partial charge in [0, 0.05) is 63.5 Å². The minimum atomic E-state index is -3.40. The van der Waals surface area contributed by atoms with Crippen molar-refractivity contribution in [1.29, 1.82) is 0 Å². The Labute approximate surface area is 437 Å². The zero-order valence-corrected chi connectivity index (χ0v) is 47.4. The fraction of sp³-hybridized carbons (Fsp3) is 0.827. The molecule has 5 N–H and O–H groups in total. The van der Waals surface area contributed by atoms with Crippen molar-refractivity contribution in [2.75, 3.05) is 53.5 Å². The molecule has 0 bridgehead atoms. The number of methoxy groups -OCH3 is 1. The zero-order valence-electron chi connectivity index (χ0n) is 45.8. The van der Waals surface area contributed by atoms with Crippen molar-refractivity contribution in [2.24, 2.45) is 23.7 Å². The van der Waals surface area contributed by atoms with Crippen molar-refractivity contribution in [2.45, 2.75) is 202 Å². The second kappa shape index (κ2) is 25.0. The molecular weight excluding hydrogens is 986 g/mol.